The Kier molecular flexibility index (Phi) is 5.23. The van der Waals surface area contributed by atoms with Crippen LogP contribution in [0.4, 0.5) is 0 Å². The minimum atomic E-state index is -0.558. The largest absolute Gasteiger partial charge is 0.481 e. The van der Waals surface area contributed by atoms with Crippen molar-refractivity contribution in [3.05, 3.63) is 11.6 Å². The minimum Gasteiger partial charge on any atom is -0.481 e. The third kappa shape index (κ3) is 2.77. The molecule has 36 heavy (non-hydrogen) atoms. The maximum atomic E-state index is 12.9. The van der Waals surface area contributed by atoms with E-state index in [1.54, 1.807) is 0 Å². The van der Waals surface area contributed by atoms with Gasteiger partial charge in [-0.25, -0.2) is 0 Å². The summed E-state index contributed by atoms with van der Waals surface area (Å²) in [5.41, 5.74) is 1.64. The van der Waals surface area contributed by atoms with Crippen molar-refractivity contribution >= 4 is 5.97 Å². The van der Waals surface area contributed by atoms with E-state index in [0.717, 1.165) is 51.6 Å². The lowest BCUT2D eigenvalue weighted by Gasteiger charge is -2.75. The Bertz CT molecular complexity index is 984. The molecule has 2 heterocycles. The first-order valence-corrected chi connectivity index (χ1v) is 15.0. The Morgan fingerprint density at radius 1 is 1.00 bits per heavy atom. The smallest absolute Gasteiger partial charge is 0.310 e. The van der Waals surface area contributed by atoms with Crippen LogP contribution in [0.3, 0.4) is 0 Å². The predicted molar refractivity (Wildman–Crippen MR) is 141 cm³/mol. The van der Waals surface area contributed by atoms with Crippen LogP contribution in [0.2, 0.25) is 0 Å². The SMILES string of the molecule is CCOC12CCC3(CO1)C(CCC1(C)C3CC=C3C4CC(C)(C)CCC4(C(=O)O)CCC31C)C2(C)C. The van der Waals surface area contributed by atoms with Crippen molar-refractivity contribution < 1.29 is 19.4 Å². The highest BCUT2D eigenvalue weighted by Gasteiger charge is 2.74. The minimum absolute atomic E-state index is 0.00412. The van der Waals surface area contributed by atoms with Crippen LogP contribution in [0.15, 0.2) is 11.6 Å². The first-order chi connectivity index (χ1) is 16.7. The van der Waals surface area contributed by atoms with Crippen LogP contribution in [0.25, 0.3) is 0 Å². The molecule has 4 saturated carbocycles. The normalized spacial score (nSPS) is 52.3. The average molecular weight is 499 g/mol. The van der Waals surface area contributed by atoms with Crippen LogP contribution in [0.1, 0.15) is 113 Å². The van der Waals surface area contributed by atoms with E-state index in [0.29, 0.717) is 18.4 Å². The maximum Gasteiger partial charge on any atom is 0.310 e. The van der Waals surface area contributed by atoms with Crippen molar-refractivity contribution in [1.29, 1.82) is 0 Å². The van der Waals surface area contributed by atoms with E-state index in [2.05, 4.69) is 54.5 Å². The molecule has 1 N–H and O–H groups in total. The van der Waals surface area contributed by atoms with Crippen LogP contribution in [-0.2, 0) is 14.3 Å². The van der Waals surface area contributed by atoms with Gasteiger partial charge in [0.25, 0.3) is 0 Å². The molecule has 1 spiro atoms. The van der Waals surface area contributed by atoms with E-state index in [9.17, 15) is 9.90 Å². The molecule has 202 valence electrons. The van der Waals surface area contributed by atoms with Crippen molar-refractivity contribution in [2.75, 3.05) is 13.2 Å². The van der Waals surface area contributed by atoms with Gasteiger partial charge in [-0.1, -0.05) is 53.2 Å². The summed E-state index contributed by atoms with van der Waals surface area (Å²) >= 11 is 0. The maximum absolute atomic E-state index is 12.9. The summed E-state index contributed by atoms with van der Waals surface area (Å²) < 4.78 is 13.2. The molecule has 5 aliphatic carbocycles. The summed E-state index contributed by atoms with van der Waals surface area (Å²) in [6.45, 7) is 18.3. The van der Waals surface area contributed by atoms with E-state index >= 15 is 0 Å². The number of hydrogen-bond donors (Lipinski definition) is 1. The highest BCUT2D eigenvalue weighted by molar-refractivity contribution is 5.76. The molecule has 0 aromatic carbocycles. The monoisotopic (exact) mass is 498 g/mol. The van der Waals surface area contributed by atoms with Crippen molar-refractivity contribution in [3.63, 3.8) is 0 Å². The van der Waals surface area contributed by atoms with Crippen LogP contribution in [0.5, 0.6) is 0 Å². The number of carbonyl (C=O) groups is 1. The summed E-state index contributed by atoms with van der Waals surface area (Å²) in [6.07, 6.45) is 13.1. The van der Waals surface area contributed by atoms with Gasteiger partial charge in [0.15, 0.2) is 5.79 Å². The quantitative estimate of drug-likeness (QED) is 0.407. The van der Waals surface area contributed by atoms with Crippen molar-refractivity contribution in [2.24, 2.45) is 50.2 Å². The van der Waals surface area contributed by atoms with Crippen LogP contribution in [-0.4, -0.2) is 30.1 Å². The molecule has 2 saturated heterocycles. The lowest BCUT2D eigenvalue weighted by Crippen LogP contribution is -2.73. The second-order valence-electron chi connectivity index (χ2n) is 15.6. The number of carboxylic acid groups (broad SMARTS) is 1. The van der Waals surface area contributed by atoms with Gasteiger partial charge in [0.1, 0.15) is 0 Å². The number of hydrogen-bond acceptors (Lipinski definition) is 3. The third-order valence-corrected chi connectivity index (χ3v) is 13.8. The topological polar surface area (TPSA) is 55.8 Å². The van der Waals surface area contributed by atoms with Gasteiger partial charge in [-0.15, -0.1) is 0 Å². The molecular formula is C32H50O4. The highest BCUT2D eigenvalue weighted by Crippen LogP contribution is 2.78. The van der Waals surface area contributed by atoms with Gasteiger partial charge in [0.2, 0.25) is 0 Å². The zero-order valence-corrected chi connectivity index (χ0v) is 24.0. The molecule has 0 aromatic heterocycles. The molecule has 8 atom stereocenters. The third-order valence-electron chi connectivity index (χ3n) is 13.8. The molecule has 0 aromatic rings. The van der Waals surface area contributed by atoms with E-state index in [-0.39, 0.29) is 33.0 Å². The fourth-order valence-corrected chi connectivity index (χ4v) is 11.6. The summed E-state index contributed by atoms with van der Waals surface area (Å²) in [5, 5.41) is 10.6. The molecule has 6 fully saturated rings. The number of ether oxygens (including phenoxy) is 2. The summed E-state index contributed by atoms with van der Waals surface area (Å²) in [4.78, 5) is 12.9. The van der Waals surface area contributed by atoms with Gasteiger partial charge in [-0.2, -0.15) is 0 Å². The molecule has 0 amide bonds. The standard InChI is InChI=1S/C32H50O4/c1-8-35-32-18-17-31(20-36-32)23(27(32,4)5)11-12-29(7)24(31)10-9-21-22-19-26(2,3)13-15-30(22,25(33)34)16-14-28(21,29)6/h9,22-24H,8,10-20H2,1-7H3,(H,33,34). The average Bonchev–Trinajstić information content (AvgIpc) is 2.80. The summed E-state index contributed by atoms with van der Waals surface area (Å²) in [7, 11) is 0. The number of allylic oxidation sites excluding steroid dienone is 2. The Morgan fingerprint density at radius 3 is 2.36 bits per heavy atom. The summed E-state index contributed by atoms with van der Waals surface area (Å²) in [5.74, 6) is 0.418. The molecule has 0 radical (unpaired) electrons. The van der Waals surface area contributed by atoms with Gasteiger partial charge in [0, 0.05) is 23.9 Å². The number of carboxylic acids is 1. The van der Waals surface area contributed by atoms with Gasteiger partial charge < -0.3 is 14.6 Å². The molecular weight excluding hydrogens is 448 g/mol. The zero-order valence-electron chi connectivity index (χ0n) is 24.0. The highest BCUT2D eigenvalue weighted by atomic mass is 16.7. The van der Waals surface area contributed by atoms with E-state index in [1.807, 2.05) is 0 Å². The van der Waals surface area contributed by atoms with Crippen molar-refractivity contribution in [2.45, 2.75) is 118 Å². The predicted octanol–water partition coefficient (Wildman–Crippen LogP) is 7.62. The fraction of sp³-hybridized carbons (Fsp3) is 0.906. The molecule has 8 unspecified atom stereocenters. The molecule has 2 aliphatic heterocycles. The second-order valence-corrected chi connectivity index (χ2v) is 15.6. The fourth-order valence-electron chi connectivity index (χ4n) is 11.6. The Hall–Kier alpha value is -0.870. The van der Waals surface area contributed by atoms with Gasteiger partial charge in [-0.3, -0.25) is 4.79 Å². The second kappa shape index (κ2) is 7.40. The molecule has 7 rings (SSSR count). The Labute approximate surface area is 219 Å². The van der Waals surface area contributed by atoms with Crippen LogP contribution in [0, 0.1) is 50.2 Å². The van der Waals surface area contributed by atoms with E-state index < -0.39 is 17.2 Å². The Morgan fingerprint density at radius 2 is 1.72 bits per heavy atom. The van der Waals surface area contributed by atoms with Gasteiger partial charge in [0.05, 0.1) is 12.0 Å². The van der Waals surface area contributed by atoms with E-state index in [1.165, 1.54) is 24.8 Å². The van der Waals surface area contributed by atoms with Crippen molar-refractivity contribution in [3.8, 4) is 0 Å². The first kappa shape index (κ1) is 25.4. The lowest BCUT2D eigenvalue weighted by atomic mass is 9.32. The Balaban J connectivity index is 1.43. The van der Waals surface area contributed by atoms with Crippen LogP contribution < -0.4 is 0 Å². The zero-order chi connectivity index (χ0) is 26.0. The molecule has 4 heteroatoms. The molecule has 2 bridgehead atoms. The number of fused-ring (bicyclic) bond motifs is 7. The lowest BCUT2D eigenvalue weighted by molar-refractivity contribution is -0.407. The number of rotatable bonds is 3. The molecule has 7 aliphatic rings. The van der Waals surface area contributed by atoms with Crippen LogP contribution >= 0.6 is 0 Å². The summed E-state index contributed by atoms with van der Waals surface area (Å²) in [6, 6.07) is 0. The van der Waals surface area contributed by atoms with Gasteiger partial charge in [-0.05, 0) is 98.7 Å². The molecule has 4 nitrogen and oxygen atoms in total. The van der Waals surface area contributed by atoms with Gasteiger partial charge >= 0.3 is 5.97 Å². The number of aliphatic carboxylic acids is 1. The first-order valence-electron chi connectivity index (χ1n) is 15.0. The van der Waals surface area contributed by atoms with Crippen molar-refractivity contribution in [1.82, 2.24) is 0 Å². The van der Waals surface area contributed by atoms with E-state index in [4.69, 9.17) is 9.47 Å².